The van der Waals surface area contributed by atoms with Crippen molar-refractivity contribution in [2.75, 3.05) is 38.8 Å². The zero-order valence-electron chi connectivity index (χ0n) is 14.6. The lowest BCUT2D eigenvalue weighted by atomic mass is 10.2. The SMILES string of the molecule is COCCCOc1ccc(C(=O)Nc2ccc(OCCN)cc2)cn1.Cl. The zero-order chi connectivity index (χ0) is 17.9. The number of rotatable bonds is 10. The van der Waals surface area contributed by atoms with Crippen molar-refractivity contribution in [1.82, 2.24) is 4.98 Å². The minimum absolute atomic E-state index is 0. The number of halogens is 1. The molecule has 1 heterocycles. The summed E-state index contributed by atoms with van der Waals surface area (Å²) in [6.07, 6.45) is 2.27. The minimum Gasteiger partial charge on any atom is -0.492 e. The third-order valence-electron chi connectivity index (χ3n) is 3.24. The second-order valence-corrected chi connectivity index (χ2v) is 5.20. The zero-order valence-corrected chi connectivity index (χ0v) is 15.5. The molecule has 0 aliphatic rings. The number of carbonyl (C=O) groups excluding carboxylic acids is 1. The second-order valence-electron chi connectivity index (χ2n) is 5.20. The standard InChI is InChI=1S/C18H23N3O4.ClH/c1-23-10-2-11-25-17-8-3-14(13-20-17)18(22)21-15-4-6-16(7-5-15)24-12-9-19;/h3-8,13H,2,9-12,19H2,1H3,(H,21,22);1H. The average molecular weight is 382 g/mol. The van der Waals surface area contributed by atoms with Gasteiger partial charge in [-0.25, -0.2) is 4.98 Å². The van der Waals surface area contributed by atoms with Gasteiger partial charge in [-0.1, -0.05) is 0 Å². The lowest BCUT2D eigenvalue weighted by molar-refractivity contribution is 0.102. The molecule has 1 aromatic heterocycles. The predicted molar refractivity (Wildman–Crippen MR) is 102 cm³/mol. The van der Waals surface area contributed by atoms with Gasteiger partial charge in [0.25, 0.3) is 5.91 Å². The van der Waals surface area contributed by atoms with Crippen molar-refractivity contribution in [2.24, 2.45) is 5.73 Å². The Balaban J connectivity index is 0.00000338. The van der Waals surface area contributed by atoms with Crippen LogP contribution >= 0.6 is 12.4 Å². The fourth-order valence-corrected chi connectivity index (χ4v) is 1.99. The number of benzene rings is 1. The summed E-state index contributed by atoms with van der Waals surface area (Å²) in [4.78, 5) is 16.4. The van der Waals surface area contributed by atoms with Crippen molar-refractivity contribution in [3.8, 4) is 11.6 Å². The van der Waals surface area contributed by atoms with Crippen LogP contribution in [0.1, 0.15) is 16.8 Å². The Bertz CT molecular complexity index is 650. The number of hydrogen-bond acceptors (Lipinski definition) is 6. The van der Waals surface area contributed by atoms with Crippen LogP contribution in [0.25, 0.3) is 0 Å². The normalized spacial score (nSPS) is 9.92. The predicted octanol–water partition coefficient (Wildman–Crippen LogP) is 2.51. The first-order valence-electron chi connectivity index (χ1n) is 8.05. The number of pyridine rings is 1. The molecule has 0 atom stereocenters. The van der Waals surface area contributed by atoms with Gasteiger partial charge in [-0.05, 0) is 30.3 Å². The number of hydrogen-bond donors (Lipinski definition) is 2. The van der Waals surface area contributed by atoms with Gasteiger partial charge < -0.3 is 25.3 Å². The van der Waals surface area contributed by atoms with E-state index in [-0.39, 0.29) is 18.3 Å². The molecule has 0 aliphatic heterocycles. The molecule has 2 rings (SSSR count). The maximum absolute atomic E-state index is 12.2. The van der Waals surface area contributed by atoms with E-state index in [0.717, 1.165) is 6.42 Å². The molecule has 1 amide bonds. The molecule has 26 heavy (non-hydrogen) atoms. The smallest absolute Gasteiger partial charge is 0.257 e. The molecule has 2 aromatic rings. The van der Waals surface area contributed by atoms with Gasteiger partial charge in [-0.15, -0.1) is 12.4 Å². The van der Waals surface area contributed by atoms with Crippen molar-refractivity contribution in [3.05, 3.63) is 48.2 Å². The quantitative estimate of drug-likeness (QED) is 0.614. The van der Waals surface area contributed by atoms with Gasteiger partial charge in [0, 0.05) is 44.6 Å². The Hall–Kier alpha value is -2.35. The first kappa shape index (κ1) is 21.7. The number of anilines is 1. The Morgan fingerprint density at radius 1 is 1.08 bits per heavy atom. The minimum atomic E-state index is -0.242. The third kappa shape index (κ3) is 7.26. The summed E-state index contributed by atoms with van der Waals surface area (Å²) in [5, 5.41) is 2.80. The van der Waals surface area contributed by atoms with Gasteiger partial charge in [0.05, 0.1) is 12.2 Å². The summed E-state index contributed by atoms with van der Waals surface area (Å²) in [5.41, 5.74) is 6.51. The molecule has 0 unspecified atom stereocenters. The van der Waals surface area contributed by atoms with Crippen LogP contribution in [0.15, 0.2) is 42.6 Å². The largest absolute Gasteiger partial charge is 0.492 e. The van der Waals surface area contributed by atoms with E-state index in [1.165, 1.54) is 6.20 Å². The number of amides is 1. The van der Waals surface area contributed by atoms with Gasteiger partial charge in [0.2, 0.25) is 5.88 Å². The maximum atomic E-state index is 12.2. The first-order valence-corrected chi connectivity index (χ1v) is 8.05. The molecule has 0 aliphatic carbocycles. The van der Waals surface area contributed by atoms with Crippen LogP contribution in [0.2, 0.25) is 0 Å². The molecule has 0 saturated carbocycles. The van der Waals surface area contributed by atoms with E-state index >= 15 is 0 Å². The van der Waals surface area contributed by atoms with Crippen LogP contribution in [-0.2, 0) is 4.74 Å². The topological polar surface area (TPSA) is 95.7 Å². The van der Waals surface area contributed by atoms with Gasteiger partial charge in [0.1, 0.15) is 12.4 Å². The molecule has 0 saturated heterocycles. The molecule has 3 N–H and O–H groups in total. The lowest BCUT2D eigenvalue weighted by Gasteiger charge is -2.08. The molecule has 0 spiro atoms. The van der Waals surface area contributed by atoms with Crippen LogP contribution in [0.5, 0.6) is 11.6 Å². The fraction of sp³-hybridized carbons (Fsp3) is 0.333. The Morgan fingerprint density at radius 3 is 2.46 bits per heavy atom. The molecule has 0 radical (unpaired) electrons. The Morgan fingerprint density at radius 2 is 1.85 bits per heavy atom. The first-order chi connectivity index (χ1) is 12.2. The highest BCUT2D eigenvalue weighted by Crippen LogP contribution is 2.17. The van der Waals surface area contributed by atoms with Crippen LogP contribution in [0.3, 0.4) is 0 Å². The van der Waals surface area contributed by atoms with Crippen molar-refractivity contribution in [2.45, 2.75) is 6.42 Å². The van der Waals surface area contributed by atoms with Crippen LogP contribution in [0, 0.1) is 0 Å². The van der Waals surface area contributed by atoms with E-state index in [4.69, 9.17) is 19.9 Å². The van der Waals surface area contributed by atoms with E-state index in [0.29, 0.717) is 49.2 Å². The van der Waals surface area contributed by atoms with Crippen LogP contribution in [0.4, 0.5) is 5.69 Å². The Labute approximate surface area is 159 Å². The van der Waals surface area contributed by atoms with E-state index in [1.807, 2.05) is 0 Å². The van der Waals surface area contributed by atoms with Crippen molar-refractivity contribution in [3.63, 3.8) is 0 Å². The van der Waals surface area contributed by atoms with Crippen molar-refractivity contribution in [1.29, 1.82) is 0 Å². The summed E-state index contributed by atoms with van der Waals surface area (Å²) >= 11 is 0. The van der Waals surface area contributed by atoms with E-state index in [9.17, 15) is 4.79 Å². The number of methoxy groups -OCH3 is 1. The van der Waals surface area contributed by atoms with Gasteiger partial charge in [0.15, 0.2) is 0 Å². The van der Waals surface area contributed by atoms with E-state index in [2.05, 4.69) is 10.3 Å². The molecule has 7 nitrogen and oxygen atoms in total. The lowest BCUT2D eigenvalue weighted by Crippen LogP contribution is -2.13. The molecule has 1 aromatic carbocycles. The molecule has 142 valence electrons. The maximum Gasteiger partial charge on any atom is 0.257 e. The number of nitrogens with one attached hydrogen (secondary N) is 1. The summed E-state index contributed by atoms with van der Waals surface area (Å²) in [6, 6.07) is 10.4. The van der Waals surface area contributed by atoms with Crippen molar-refractivity contribution >= 4 is 24.0 Å². The van der Waals surface area contributed by atoms with Gasteiger partial charge >= 0.3 is 0 Å². The third-order valence-corrected chi connectivity index (χ3v) is 3.24. The number of nitrogens with zero attached hydrogens (tertiary/aromatic N) is 1. The van der Waals surface area contributed by atoms with Gasteiger partial charge in [-0.3, -0.25) is 4.79 Å². The number of nitrogens with two attached hydrogens (primary N) is 1. The second kappa shape index (κ2) is 12.1. The Kier molecular flexibility index (Phi) is 10.1. The monoisotopic (exact) mass is 381 g/mol. The fourth-order valence-electron chi connectivity index (χ4n) is 1.99. The molecule has 8 heteroatoms. The molecular weight excluding hydrogens is 358 g/mol. The molecule has 0 bridgehead atoms. The number of aromatic nitrogens is 1. The van der Waals surface area contributed by atoms with Gasteiger partial charge in [-0.2, -0.15) is 0 Å². The van der Waals surface area contributed by atoms with E-state index < -0.39 is 0 Å². The van der Waals surface area contributed by atoms with Crippen molar-refractivity contribution < 1.29 is 19.0 Å². The summed E-state index contributed by atoms with van der Waals surface area (Å²) in [7, 11) is 1.65. The molecular formula is C18H24ClN3O4. The average Bonchev–Trinajstić information content (AvgIpc) is 2.65. The summed E-state index contributed by atoms with van der Waals surface area (Å²) in [5.74, 6) is 0.947. The molecule has 0 fully saturated rings. The highest BCUT2D eigenvalue weighted by Gasteiger charge is 2.07. The summed E-state index contributed by atoms with van der Waals surface area (Å²) < 4.78 is 15.8. The highest BCUT2D eigenvalue weighted by atomic mass is 35.5. The summed E-state index contributed by atoms with van der Waals surface area (Å²) in [6.45, 7) is 2.07. The number of ether oxygens (including phenoxy) is 3. The highest BCUT2D eigenvalue weighted by molar-refractivity contribution is 6.04. The van der Waals surface area contributed by atoms with Crippen LogP contribution in [-0.4, -0.2) is 44.4 Å². The number of carbonyl (C=O) groups is 1. The van der Waals surface area contributed by atoms with E-state index in [1.54, 1.807) is 43.5 Å². The van der Waals surface area contributed by atoms with Crippen LogP contribution < -0.4 is 20.5 Å².